The van der Waals surface area contributed by atoms with Crippen molar-refractivity contribution in [1.29, 1.82) is 0 Å². The van der Waals surface area contributed by atoms with Crippen LogP contribution in [-0.4, -0.2) is 91.4 Å². The molecule has 2 N–H and O–H groups in total. The molecular weight excluding hydrogens is 692 g/mol. The van der Waals surface area contributed by atoms with Crippen LogP contribution in [0.5, 0.6) is 0 Å². The van der Waals surface area contributed by atoms with Crippen LogP contribution in [0.15, 0.2) is 134 Å². The van der Waals surface area contributed by atoms with Crippen LogP contribution in [0.1, 0.15) is 28.5 Å². The van der Waals surface area contributed by atoms with Gasteiger partial charge in [-0.05, 0) is 16.7 Å². The normalized spacial score (nSPS) is 31.0. The molecule has 0 bridgehead atoms. The van der Waals surface area contributed by atoms with Gasteiger partial charge in [-0.2, -0.15) is 0 Å². The number of hydrogen-bond acceptors (Lipinski definition) is 11. The quantitative estimate of drug-likeness (QED) is 0.147. The molecule has 0 spiro atoms. The van der Waals surface area contributed by atoms with Gasteiger partial charge in [0.1, 0.15) is 48.8 Å². The van der Waals surface area contributed by atoms with Gasteiger partial charge in [0.05, 0.1) is 39.6 Å². The van der Waals surface area contributed by atoms with Crippen molar-refractivity contribution in [3.63, 3.8) is 0 Å². The Kier molecular flexibility index (Phi) is 13.6. The Balaban J connectivity index is 1.17. The highest BCUT2D eigenvalue weighted by Crippen LogP contribution is 2.38. The first-order chi connectivity index (χ1) is 26.6. The number of aliphatic hydroxyl groups is 2. The summed E-state index contributed by atoms with van der Waals surface area (Å²) in [6.45, 7) is 4.86. The lowest BCUT2D eigenvalue weighted by Gasteiger charge is -2.50. The van der Waals surface area contributed by atoms with E-state index in [9.17, 15) is 10.2 Å². The van der Waals surface area contributed by atoms with Gasteiger partial charge < -0.3 is 52.8 Å². The zero-order valence-corrected chi connectivity index (χ0v) is 30.0. The van der Waals surface area contributed by atoms with Gasteiger partial charge in [0.15, 0.2) is 18.9 Å². The number of aliphatic hydroxyl groups excluding tert-OH is 2. The first-order valence-corrected chi connectivity index (χ1v) is 18.4. The molecule has 3 fully saturated rings. The standard InChI is InChI=1S/C43H48O11/c1-2-23-47-42-36(45)40(38-34(51-42)28-50-41(53-38)32-21-13-6-14-22-32)54-43-35(44)39(49-26-31-19-11-5-12-20-31)37(48-25-30-17-9-4-10-18-30)33(52-43)27-46-24-29-15-7-3-8-16-29/h2-22,33-45H,1,23-28H2. The van der Waals surface area contributed by atoms with E-state index in [-0.39, 0.29) is 33.0 Å². The Labute approximate surface area is 315 Å². The Bertz CT molecular complexity index is 1680. The van der Waals surface area contributed by atoms with E-state index in [0.29, 0.717) is 6.61 Å². The molecule has 11 unspecified atom stereocenters. The van der Waals surface area contributed by atoms with Crippen molar-refractivity contribution in [3.8, 4) is 0 Å². The summed E-state index contributed by atoms with van der Waals surface area (Å²) < 4.78 is 56.9. The first-order valence-electron chi connectivity index (χ1n) is 18.4. The predicted molar refractivity (Wildman–Crippen MR) is 197 cm³/mol. The van der Waals surface area contributed by atoms with Crippen molar-refractivity contribution in [1.82, 2.24) is 0 Å². The number of ether oxygens (including phenoxy) is 9. The van der Waals surface area contributed by atoms with Crippen LogP contribution in [-0.2, 0) is 62.5 Å². The Hall–Kier alpha value is -3.82. The average Bonchev–Trinajstić information content (AvgIpc) is 3.22. The first kappa shape index (κ1) is 38.5. The molecule has 7 rings (SSSR count). The maximum Gasteiger partial charge on any atom is 0.187 e. The van der Waals surface area contributed by atoms with Crippen molar-refractivity contribution >= 4 is 0 Å². The topological polar surface area (TPSA) is 124 Å². The zero-order chi connectivity index (χ0) is 37.1. The molecule has 286 valence electrons. The van der Waals surface area contributed by atoms with E-state index in [1.54, 1.807) is 6.08 Å². The SMILES string of the molecule is C=CCOC1OC2COC(c3ccccc3)OC2C(OC2OC(COCc3ccccc3)C(OCc3ccccc3)C(OCc3ccccc3)C2O)C1O. The van der Waals surface area contributed by atoms with Crippen LogP contribution in [0.4, 0.5) is 0 Å². The van der Waals surface area contributed by atoms with Crippen LogP contribution >= 0.6 is 0 Å². The molecule has 4 aromatic carbocycles. The Morgan fingerprint density at radius 2 is 1.17 bits per heavy atom. The minimum atomic E-state index is -1.36. The van der Waals surface area contributed by atoms with Gasteiger partial charge >= 0.3 is 0 Å². The van der Waals surface area contributed by atoms with Crippen LogP contribution in [0.3, 0.4) is 0 Å². The van der Waals surface area contributed by atoms with E-state index < -0.39 is 67.7 Å². The minimum absolute atomic E-state index is 0.0972. The molecule has 0 radical (unpaired) electrons. The maximum atomic E-state index is 12.1. The lowest BCUT2D eigenvalue weighted by molar-refractivity contribution is -0.394. The highest BCUT2D eigenvalue weighted by atomic mass is 16.8. The van der Waals surface area contributed by atoms with E-state index in [1.165, 1.54) is 0 Å². The maximum absolute atomic E-state index is 12.1. The molecule has 3 heterocycles. The van der Waals surface area contributed by atoms with E-state index in [1.807, 2.05) is 121 Å². The summed E-state index contributed by atoms with van der Waals surface area (Å²) in [5.74, 6) is 0. The van der Waals surface area contributed by atoms with E-state index >= 15 is 0 Å². The Morgan fingerprint density at radius 1 is 0.611 bits per heavy atom. The molecular formula is C43H48O11. The molecule has 11 heteroatoms. The fourth-order valence-electron chi connectivity index (χ4n) is 6.89. The molecule has 4 aromatic rings. The summed E-state index contributed by atoms with van der Waals surface area (Å²) in [6.07, 6.45) is -9.25. The van der Waals surface area contributed by atoms with Crippen molar-refractivity contribution in [3.05, 3.63) is 156 Å². The van der Waals surface area contributed by atoms with Crippen molar-refractivity contribution in [2.75, 3.05) is 19.8 Å². The molecule has 0 amide bonds. The van der Waals surface area contributed by atoms with Gasteiger partial charge in [0, 0.05) is 5.56 Å². The van der Waals surface area contributed by atoms with Gasteiger partial charge in [0.2, 0.25) is 0 Å². The van der Waals surface area contributed by atoms with Gasteiger partial charge in [-0.15, -0.1) is 6.58 Å². The van der Waals surface area contributed by atoms with Gasteiger partial charge in [-0.25, -0.2) is 0 Å². The van der Waals surface area contributed by atoms with Crippen LogP contribution < -0.4 is 0 Å². The number of benzene rings is 4. The smallest absolute Gasteiger partial charge is 0.187 e. The third-order valence-electron chi connectivity index (χ3n) is 9.63. The van der Waals surface area contributed by atoms with Gasteiger partial charge in [-0.3, -0.25) is 0 Å². The van der Waals surface area contributed by atoms with E-state index in [4.69, 9.17) is 42.6 Å². The van der Waals surface area contributed by atoms with E-state index in [2.05, 4.69) is 6.58 Å². The second-order valence-corrected chi connectivity index (χ2v) is 13.5. The number of rotatable bonds is 16. The number of fused-ring (bicyclic) bond motifs is 1. The van der Waals surface area contributed by atoms with Crippen LogP contribution in [0.25, 0.3) is 0 Å². The zero-order valence-electron chi connectivity index (χ0n) is 30.0. The lowest BCUT2D eigenvalue weighted by Crippen LogP contribution is -2.66. The summed E-state index contributed by atoms with van der Waals surface area (Å²) in [5, 5.41) is 23.9. The minimum Gasteiger partial charge on any atom is -0.385 e. The Morgan fingerprint density at radius 3 is 1.78 bits per heavy atom. The van der Waals surface area contributed by atoms with Gasteiger partial charge in [-0.1, -0.05) is 127 Å². The third kappa shape index (κ3) is 9.69. The fraction of sp³-hybridized carbons (Fsp3) is 0.395. The summed E-state index contributed by atoms with van der Waals surface area (Å²) in [6, 6.07) is 38.8. The molecule has 0 saturated carbocycles. The van der Waals surface area contributed by atoms with Crippen molar-refractivity contribution in [2.24, 2.45) is 0 Å². The summed E-state index contributed by atoms with van der Waals surface area (Å²) in [5.41, 5.74) is 3.65. The fourth-order valence-corrected chi connectivity index (χ4v) is 6.89. The third-order valence-corrected chi connectivity index (χ3v) is 9.63. The highest BCUT2D eigenvalue weighted by molar-refractivity contribution is 5.18. The predicted octanol–water partition coefficient (Wildman–Crippen LogP) is 5.25. The van der Waals surface area contributed by atoms with Crippen molar-refractivity contribution in [2.45, 2.75) is 87.5 Å². The average molecular weight is 741 g/mol. The molecule has 0 aliphatic carbocycles. The lowest BCUT2D eigenvalue weighted by atomic mass is 9.95. The summed E-state index contributed by atoms with van der Waals surface area (Å²) in [7, 11) is 0. The molecule has 3 aliphatic heterocycles. The molecule has 54 heavy (non-hydrogen) atoms. The van der Waals surface area contributed by atoms with Crippen LogP contribution in [0.2, 0.25) is 0 Å². The van der Waals surface area contributed by atoms with Gasteiger partial charge in [0.25, 0.3) is 0 Å². The largest absolute Gasteiger partial charge is 0.385 e. The van der Waals surface area contributed by atoms with E-state index in [0.717, 1.165) is 22.3 Å². The number of hydrogen-bond donors (Lipinski definition) is 2. The highest BCUT2D eigenvalue weighted by Gasteiger charge is 2.54. The second kappa shape index (κ2) is 19.2. The second-order valence-electron chi connectivity index (χ2n) is 13.5. The molecule has 3 saturated heterocycles. The molecule has 11 atom stereocenters. The van der Waals surface area contributed by atoms with Crippen molar-refractivity contribution < 1.29 is 52.8 Å². The molecule has 3 aliphatic rings. The molecule has 11 nitrogen and oxygen atoms in total. The molecule has 0 aromatic heterocycles. The summed E-state index contributed by atoms with van der Waals surface area (Å²) in [4.78, 5) is 0. The summed E-state index contributed by atoms with van der Waals surface area (Å²) >= 11 is 0. The monoisotopic (exact) mass is 740 g/mol. The van der Waals surface area contributed by atoms with Crippen LogP contribution in [0, 0.1) is 0 Å².